The van der Waals surface area contributed by atoms with Gasteiger partial charge < -0.3 is 9.88 Å². The van der Waals surface area contributed by atoms with E-state index in [9.17, 15) is 0 Å². The Balaban J connectivity index is 1.75. The SMILES string of the molecule is Cc1nccn1CCNCc1cccc(Br)c1. The highest BCUT2D eigenvalue weighted by Gasteiger charge is 1.96. The van der Waals surface area contributed by atoms with E-state index < -0.39 is 0 Å². The van der Waals surface area contributed by atoms with Gasteiger partial charge in [0.15, 0.2) is 0 Å². The molecule has 17 heavy (non-hydrogen) atoms. The third kappa shape index (κ3) is 3.68. The smallest absolute Gasteiger partial charge is 0.105 e. The number of halogens is 1. The molecule has 0 saturated carbocycles. The lowest BCUT2D eigenvalue weighted by Crippen LogP contribution is -2.19. The number of hydrogen-bond acceptors (Lipinski definition) is 2. The highest BCUT2D eigenvalue weighted by Crippen LogP contribution is 2.11. The van der Waals surface area contributed by atoms with E-state index in [1.807, 2.05) is 25.4 Å². The maximum atomic E-state index is 4.19. The van der Waals surface area contributed by atoms with E-state index in [0.29, 0.717) is 0 Å². The first-order valence-electron chi connectivity index (χ1n) is 5.68. The summed E-state index contributed by atoms with van der Waals surface area (Å²) in [6.45, 7) is 4.82. The average molecular weight is 294 g/mol. The molecule has 1 heterocycles. The highest BCUT2D eigenvalue weighted by molar-refractivity contribution is 9.10. The average Bonchev–Trinajstić information content (AvgIpc) is 2.71. The Morgan fingerprint density at radius 2 is 2.29 bits per heavy atom. The molecule has 0 fully saturated rings. The molecule has 0 unspecified atom stereocenters. The van der Waals surface area contributed by atoms with Gasteiger partial charge in [-0.3, -0.25) is 0 Å². The number of rotatable bonds is 5. The fourth-order valence-corrected chi connectivity index (χ4v) is 2.17. The first kappa shape index (κ1) is 12.3. The van der Waals surface area contributed by atoms with Crippen molar-refractivity contribution in [3.05, 3.63) is 52.5 Å². The minimum atomic E-state index is 0.896. The Kier molecular flexibility index (Phi) is 4.34. The molecule has 2 aromatic rings. The summed E-state index contributed by atoms with van der Waals surface area (Å²) >= 11 is 3.47. The zero-order chi connectivity index (χ0) is 12.1. The molecule has 90 valence electrons. The van der Waals surface area contributed by atoms with E-state index >= 15 is 0 Å². The maximum absolute atomic E-state index is 4.19. The minimum absolute atomic E-state index is 0.896. The zero-order valence-electron chi connectivity index (χ0n) is 9.86. The summed E-state index contributed by atoms with van der Waals surface area (Å²) in [6.07, 6.45) is 3.85. The maximum Gasteiger partial charge on any atom is 0.105 e. The Hall–Kier alpha value is -1.13. The standard InChI is InChI=1S/C13H16BrN3/c1-11-16-6-8-17(11)7-5-15-10-12-3-2-4-13(14)9-12/h2-4,6,8-9,15H,5,7,10H2,1H3. The molecule has 1 aromatic carbocycles. The molecule has 0 aliphatic carbocycles. The van der Waals surface area contributed by atoms with Gasteiger partial charge in [0, 0.05) is 36.5 Å². The van der Waals surface area contributed by atoms with Crippen molar-refractivity contribution in [3.8, 4) is 0 Å². The molecule has 0 atom stereocenters. The van der Waals surface area contributed by atoms with Crippen molar-refractivity contribution >= 4 is 15.9 Å². The van der Waals surface area contributed by atoms with Gasteiger partial charge in [-0.15, -0.1) is 0 Å². The molecule has 0 spiro atoms. The van der Waals surface area contributed by atoms with Gasteiger partial charge in [0.05, 0.1) is 0 Å². The third-order valence-electron chi connectivity index (χ3n) is 2.67. The minimum Gasteiger partial charge on any atom is -0.334 e. The van der Waals surface area contributed by atoms with E-state index in [1.165, 1.54) is 5.56 Å². The van der Waals surface area contributed by atoms with Gasteiger partial charge in [0.25, 0.3) is 0 Å². The lowest BCUT2D eigenvalue weighted by Gasteiger charge is -2.07. The van der Waals surface area contributed by atoms with Crippen LogP contribution in [0.25, 0.3) is 0 Å². The van der Waals surface area contributed by atoms with E-state index in [0.717, 1.165) is 29.9 Å². The Bertz CT molecular complexity index is 479. The summed E-state index contributed by atoms with van der Waals surface area (Å²) in [5.74, 6) is 1.06. The van der Waals surface area contributed by atoms with Crippen LogP contribution in [0.4, 0.5) is 0 Å². The van der Waals surface area contributed by atoms with Gasteiger partial charge in [-0.2, -0.15) is 0 Å². The molecule has 0 amide bonds. The van der Waals surface area contributed by atoms with Crippen LogP contribution >= 0.6 is 15.9 Å². The number of nitrogens with zero attached hydrogens (tertiary/aromatic N) is 2. The Labute approximate surface area is 110 Å². The summed E-state index contributed by atoms with van der Waals surface area (Å²) in [7, 11) is 0. The second-order valence-electron chi connectivity index (χ2n) is 3.97. The van der Waals surface area contributed by atoms with Gasteiger partial charge in [-0.05, 0) is 24.6 Å². The molecular formula is C13H16BrN3. The molecular weight excluding hydrogens is 278 g/mol. The molecule has 4 heteroatoms. The predicted molar refractivity (Wildman–Crippen MR) is 72.8 cm³/mol. The summed E-state index contributed by atoms with van der Waals surface area (Å²) in [6, 6.07) is 8.36. The van der Waals surface area contributed by atoms with Gasteiger partial charge >= 0.3 is 0 Å². The van der Waals surface area contributed by atoms with Crippen molar-refractivity contribution in [2.45, 2.75) is 20.0 Å². The molecule has 0 saturated heterocycles. The van der Waals surface area contributed by atoms with Crippen LogP contribution in [-0.2, 0) is 13.1 Å². The van der Waals surface area contributed by atoms with Crippen molar-refractivity contribution in [1.82, 2.24) is 14.9 Å². The van der Waals surface area contributed by atoms with Crippen LogP contribution in [0, 0.1) is 6.92 Å². The van der Waals surface area contributed by atoms with Gasteiger partial charge in [0.2, 0.25) is 0 Å². The number of benzene rings is 1. The normalized spacial score (nSPS) is 10.7. The number of nitrogens with one attached hydrogen (secondary N) is 1. The third-order valence-corrected chi connectivity index (χ3v) is 3.16. The number of hydrogen-bond donors (Lipinski definition) is 1. The van der Waals surface area contributed by atoms with Gasteiger partial charge in [-0.1, -0.05) is 28.1 Å². The molecule has 0 aliphatic rings. The summed E-state index contributed by atoms with van der Waals surface area (Å²) < 4.78 is 3.27. The largest absolute Gasteiger partial charge is 0.334 e. The topological polar surface area (TPSA) is 29.9 Å². The van der Waals surface area contributed by atoms with Crippen molar-refractivity contribution in [2.75, 3.05) is 6.54 Å². The van der Waals surface area contributed by atoms with E-state index in [4.69, 9.17) is 0 Å². The number of aryl methyl sites for hydroxylation is 1. The molecule has 1 aromatic heterocycles. The fourth-order valence-electron chi connectivity index (χ4n) is 1.72. The molecule has 1 N–H and O–H groups in total. The van der Waals surface area contributed by atoms with E-state index in [2.05, 4.69) is 49.0 Å². The zero-order valence-corrected chi connectivity index (χ0v) is 11.4. The Morgan fingerprint density at radius 3 is 3.00 bits per heavy atom. The van der Waals surface area contributed by atoms with Crippen LogP contribution < -0.4 is 5.32 Å². The predicted octanol–water partition coefficient (Wildman–Crippen LogP) is 2.74. The lowest BCUT2D eigenvalue weighted by molar-refractivity contribution is 0.587. The van der Waals surface area contributed by atoms with Crippen LogP contribution in [0.5, 0.6) is 0 Å². The van der Waals surface area contributed by atoms with Crippen molar-refractivity contribution in [1.29, 1.82) is 0 Å². The van der Waals surface area contributed by atoms with E-state index in [1.54, 1.807) is 0 Å². The molecule has 0 radical (unpaired) electrons. The van der Waals surface area contributed by atoms with Crippen LogP contribution in [0.15, 0.2) is 41.1 Å². The summed E-state index contributed by atoms with van der Waals surface area (Å²) in [5.41, 5.74) is 1.29. The summed E-state index contributed by atoms with van der Waals surface area (Å²) in [4.78, 5) is 4.19. The number of aromatic nitrogens is 2. The second kappa shape index (κ2) is 5.98. The van der Waals surface area contributed by atoms with Crippen LogP contribution in [0.3, 0.4) is 0 Å². The van der Waals surface area contributed by atoms with E-state index in [-0.39, 0.29) is 0 Å². The Morgan fingerprint density at radius 1 is 1.41 bits per heavy atom. The monoisotopic (exact) mass is 293 g/mol. The number of imidazole rings is 1. The van der Waals surface area contributed by atoms with Gasteiger partial charge in [-0.25, -0.2) is 4.98 Å². The quantitative estimate of drug-likeness (QED) is 0.859. The molecule has 2 rings (SSSR count). The van der Waals surface area contributed by atoms with Crippen molar-refractivity contribution < 1.29 is 0 Å². The molecule has 0 bridgehead atoms. The van der Waals surface area contributed by atoms with Crippen LogP contribution in [0.1, 0.15) is 11.4 Å². The molecule has 3 nitrogen and oxygen atoms in total. The first-order chi connectivity index (χ1) is 8.25. The molecule has 0 aliphatic heterocycles. The first-order valence-corrected chi connectivity index (χ1v) is 6.48. The van der Waals surface area contributed by atoms with Crippen LogP contribution in [-0.4, -0.2) is 16.1 Å². The lowest BCUT2D eigenvalue weighted by atomic mass is 10.2. The highest BCUT2D eigenvalue weighted by atomic mass is 79.9. The van der Waals surface area contributed by atoms with Crippen LogP contribution in [0.2, 0.25) is 0 Å². The van der Waals surface area contributed by atoms with Gasteiger partial charge in [0.1, 0.15) is 5.82 Å². The fraction of sp³-hybridized carbons (Fsp3) is 0.308. The van der Waals surface area contributed by atoms with Crippen molar-refractivity contribution in [2.24, 2.45) is 0 Å². The second-order valence-corrected chi connectivity index (χ2v) is 4.89. The van der Waals surface area contributed by atoms with Crippen molar-refractivity contribution in [3.63, 3.8) is 0 Å². The summed E-state index contributed by atoms with van der Waals surface area (Å²) in [5, 5.41) is 3.42.